The number of methoxy groups -OCH3 is 1. The Balaban J connectivity index is 1.84. The number of ether oxygens (including phenoxy) is 1. The summed E-state index contributed by atoms with van der Waals surface area (Å²) in [6.45, 7) is 0.475. The van der Waals surface area contributed by atoms with E-state index in [9.17, 15) is 9.59 Å². The van der Waals surface area contributed by atoms with E-state index in [1.807, 2.05) is 34.9 Å². The molecule has 0 radical (unpaired) electrons. The maximum Gasteiger partial charge on any atom is 0.212 e. The molecular formula is C23H17ClN2O3. The molecule has 0 fully saturated rings. The van der Waals surface area contributed by atoms with Crippen LogP contribution in [0, 0.1) is 0 Å². The summed E-state index contributed by atoms with van der Waals surface area (Å²) in [4.78, 5) is 30.1. The van der Waals surface area contributed by atoms with E-state index in [4.69, 9.17) is 16.3 Å². The van der Waals surface area contributed by atoms with Gasteiger partial charge in [0, 0.05) is 41.0 Å². The van der Waals surface area contributed by atoms with Crippen LogP contribution in [-0.2, 0) is 6.54 Å². The van der Waals surface area contributed by atoms with Gasteiger partial charge in [-0.25, -0.2) is 4.98 Å². The fourth-order valence-corrected chi connectivity index (χ4v) is 3.47. The molecule has 0 aliphatic heterocycles. The van der Waals surface area contributed by atoms with E-state index < -0.39 is 0 Å². The third kappa shape index (κ3) is 3.77. The fraction of sp³-hybridized carbons (Fsp3) is 0.0870. The van der Waals surface area contributed by atoms with Gasteiger partial charge in [0.1, 0.15) is 0 Å². The van der Waals surface area contributed by atoms with Crippen molar-refractivity contribution in [2.45, 2.75) is 6.54 Å². The highest BCUT2D eigenvalue weighted by Gasteiger charge is 2.17. The zero-order valence-electron chi connectivity index (χ0n) is 15.6. The topological polar surface area (TPSA) is 61.2 Å². The Morgan fingerprint density at radius 3 is 2.66 bits per heavy atom. The van der Waals surface area contributed by atoms with Gasteiger partial charge in [0.25, 0.3) is 0 Å². The first kappa shape index (κ1) is 18.9. The fourth-order valence-electron chi connectivity index (χ4n) is 3.26. The van der Waals surface area contributed by atoms with Crippen molar-refractivity contribution in [2.75, 3.05) is 7.11 Å². The Bertz CT molecular complexity index is 1260. The summed E-state index contributed by atoms with van der Waals surface area (Å²) in [6.07, 6.45) is 3.02. The lowest BCUT2D eigenvalue weighted by molar-refractivity contribution is 0.103. The summed E-state index contributed by atoms with van der Waals surface area (Å²) in [5, 5.41) is 1.12. The molecule has 4 rings (SSSR count). The van der Waals surface area contributed by atoms with Crippen molar-refractivity contribution in [3.63, 3.8) is 0 Å². The summed E-state index contributed by atoms with van der Waals surface area (Å²) in [7, 11) is 1.50. The molecule has 0 saturated carbocycles. The smallest absolute Gasteiger partial charge is 0.212 e. The summed E-state index contributed by atoms with van der Waals surface area (Å²) in [5.41, 5.74) is 1.84. The van der Waals surface area contributed by atoms with Crippen LogP contribution >= 0.6 is 11.6 Å². The number of rotatable bonds is 5. The molecule has 29 heavy (non-hydrogen) atoms. The van der Waals surface area contributed by atoms with Crippen LogP contribution in [0.1, 0.15) is 21.5 Å². The minimum absolute atomic E-state index is 0.0951. The SMILES string of the molecule is COc1ccc(C(=O)c2cn(Cc3cccc(Cl)c3)c3ccccc3c2=O)cn1. The minimum atomic E-state index is -0.379. The first-order valence-electron chi connectivity index (χ1n) is 8.98. The molecular weight excluding hydrogens is 388 g/mol. The van der Waals surface area contributed by atoms with Crippen LogP contribution in [0.4, 0.5) is 0 Å². The normalized spacial score (nSPS) is 10.8. The molecule has 6 heteroatoms. The summed E-state index contributed by atoms with van der Waals surface area (Å²) >= 11 is 6.11. The van der Waals surface area contributed by atoms with Gasteiger partial charge in [0.15, 0.2) is 5.78 Å². The van der Waals surface area contributed by atoms with E-state index in [1.165, 1.54) is 13.3 Å². The molecule has 0 aliphatic carbocycles. The van der Waals surface area contributed by atoms with E-state index in [0.29, 0.717) is 28.4 Å². The molecule has 4 aromatic rings. The standard InChI is InChI=1S/C23H17ClN2O3/c1-29-21-10-9-16(12-25-21)22(27)19-14-26(13-15-5-4-6-17(24)11-15)20-8-3-2-7-18(20)23(19)28/h2-12,14H,13H2,1H3. The van der Waals surface area contributed by atoms with Gasteiger partial charge in [-0.2, -0.15) is 0 Å². The minimum Gasteiger partial charge on any atom is -0.481 e. The van der Waals surface area contributed by atoms with E-state index >= 15 is 0 Å². The van der Waals surface area contributed by atoms with Gasteiger partial charge in [-0.3, -0.25) is 9.59 Å². The predicted octanol–water partition coefficient (Wildman–Crippen LogP) is 4.34. The monoisotopic (exact) mass is 404 g/mol. The van der Waals surface area contributed by atoms with Crippen molar-refractivity contribution < 1.29 is 9.53 Å². The van der Waals surface area contributed by atoms with Crippen molar-refractivity contribution in [2.24, 2.45) is 0 Å². The van der Waals surface area contributed by atoms with Crippen molar-refractivity contribution in [3.8, 4) is 5.88 Å². The third-order valence-electron chi connectivity index (χ3n) is 4.68. The number of pyridine rings is 2. The van der Waals surface area contributed by atoms with Crippen molar-refractivity contribution >= 4 is 28.3 Å². The number of nitrogens with zero attached hydrogens (tertiary/aromatic N) is 2. The van der Waals surface area contributed by atoms with Crippen molar-refractivity contribution in [1.82, 2.24) is 9.55 Å². The Labute approximate surface area is 172 Å². The van der Waals surface area contributed by atoms with Gasteiger partial charge in [0.05, 0.1) is 18.2 Å². The highest BCUT2D eigenvalue weighted by Crippen LogP contribution is 2.18. The Morgan fingerprint density at radius 2 is 1.93 bits per heavy atom. The average molecular weight is 405 g/mol. The highest BCUT2D eigenvalue weighted by atomic mass is 35.5. The van der Waals surface area contributed by atoms with Crippen molar-refractivity contribution in [1.29, 1.82) is 0 Å². The zero-order valence-corrected chi connectivity index (χ0v) is 16.4. The highest BCUT2D eigenvalue weighted by molar-refractivity contribution is 6.30. The van der Waals surface area contributed by atoms with Crippen LogP contribution in [0.3, 0.4) is 0 Å². The molecule has 2 heterocycles. The second kappa shape index (κ2) is 7.89. The number of hydrogen-bond acceptors (Lipinski definition) is 4. The molecule has 0 atom stereocenters. The molecule has 0 spiro atoms. The number of halogens is 1. The van der Waals surface area contributed by atoms with Gasteiger partial charge >= 0.3 is 0 Å². The van der Waals surface area contributed by atoms with Crippen LogP contribution in [0.5, 0.6) is 5.88 Å². The largest absolute Gasteiger partial charge is 0.481 e. The number of benzene rings is 2. The van der Waals surface area contributed by atoms with Crippen LogP contribution in [0.15, 0.2) is 77.9 Å². The van der Waals surface area contributed by atoms with Gasteiger partial charge in [-0.15, -0.1) is 0 Å². The van der Waals surface area contributed by atoms with E-state index in [-0.39, 0.29) is 16.8 Å². The first-order chi connectivity index (χ1) is 14.1. The van der Waals surface area contributed by atoms with Crippen LogP contribution in [0.25, 0.3) is 10.9 Å². The third-order valence-corrected chi connectivity index (χ3v) is 4.92. The molecule has 0 saturated heterocycles. The zero-order chi connectivity index (χ0) is 20.4. The summed E-state index contributed by atoms with van der Waals surface area (Å²) in [5.74, 6) is 0.0224. The van der Waals surface area contributed by atoms with Crippen LogP contribution in [-0.4, -0.2) is 22.4 Å². The maximum atomic E-state index is 13.1. The predicted molar refractivity (Wildman–Crippen MR) is 113 cm³/mol. The molecule has 0 bridgehead atoms. The molecule has 144 valence electrons. The Kier molecular flexibility index (Phi) is 5.14. The van der Waals surface area contributed by atoms with Gasteiger partial charge < -0.3 is 9.30 Å². The Hall–Kier alpha value is -3.44. The average Bonchev–Trinajstić information content (AvgIpc) is 2.75. The number of carbonyl (C=O) groups is 1. The van der Waals surface area contributed by atoms with Gasteiger partial charge in [-0.05, 0) is 35.9 Å². The van der Waals surface area contributed by atoms with Gasteiger partial charge in [-0.1, -0.05) is 35.9 Å². The second-order valence-electron chi connectivity index (χ2n) is 6.57. The van der Waals surface area contributed by atoms with Gasteiger partial charge in [0.2, 0.25) is 11.3 Å². The number of para-hydroxylation sites is 1. The number of aromatic nitrogens is 2. The molecule has 2 aromatic heterocycles. The molecule has 0 N–H and O–H groups in total. The van der Waals surface area contributed by atoms with Crippen LogP contribution in [0.2, 0.25) is 5.02 Å². The second-order valence-corrected chi connectivity index (χ2v) is 7.00. The molecule has 0 amide bonds. The quantitative estimate of drug-likeness (QED) is 0.464. The number of hydrogen-bond donors (Lipinski definition) is 0. The maximum absolute atomic E-state index is 13.1. The number of fused-ring (bicyclic) bond motifs is 1. The van der Waals surface area contributed by atoms with E-state index in [0.717, 1.165) is 11.1 Å². The Morgan fingerprint density at radius 1 is 1.10 bits per heavy atom. The molecule has 5 nitrogen and oxygen atoms in total. The molecule has 2 aromatic carbocycles. The lowest BCUT2D eigenvalue weighted by Crippen LogP contribution is -2.20. The number of carbonyl (C=O) groups excluding carboxylic acids is 1. The lowest BCUT2D eigenvalue weighted by atomic mass is 10.0. The summed E-state index contributed by atoms with van der Waals surface area (Å²) < 4.78 is 6.93. The lowest BCUT2D eigenvalue weighted by Gasteiger charge is -2.13. The molecule has 0 aliphatic rings. The van der Waals surface area contributed by atoms with Crippen molar-refractivity contribution in [3.05, 3.63) is 105 Å². The van der Waals surface area contributed by atoms with E-state index in [2.05, 4.69) is 4.98 Å². The first-order valence-corrected chi connectivity index (χ1v) is 9.36. The number of ketones is 1. The molecule has 0 unspecified atom stereocenters. The summed E-state index contributed by atoms with van der Waals surface area (Å²) in [6, 6.07) is 17.9. The van der Waals surface area contributed by atoms with E-state index in [1.54, 1.807) is 36.5 Å². The van der Waals surface area contributed by atoms with Crippen LogP contribution < -0.4 is 10.2 Å².